The van der Waals surface area contributed by atoms with Crippen molar-refractivity contribution >= 4 is 5.97 Å². The maximum absolute atomic E-state index is 13.9. The molecule has 2 aromatic rings. The van der Waals surface area contributed by atoms with E-state index in [1.54, 1.807) is 26.0 Å². The van der Waals surface area contributed by atoms with Crippen molar-refractivity contribution in [2.75, 3.05) is 7.11 Å². The quantitative estimate of drug-likeness (QED) is 0.768. The highest BCUT2D eigenvalue weighted by molar-refractivity contribution is 5.97. The third-order valence-corrected chi connectivity index (χ3v) is 2.63. The molecule has 4 nitrogen and oxygen atoms in total. The number of aryl methyl sites for hydroxylation is 2. The lowest BCUT2D eigenvalue weighted by Gasteiger charge is -2.03. The van der Waals surface area contributed by atoms with Gasteiger partial charge in [-0.25, -0.2) is 9.18 Å². The Labute approximate surface area is 103 Å². The van der Waals surface area contributed by atoms with Crippen LogP contribution in [0.5, 0.6) is 0 Å². The van der Waals surface area contributed by atoms with Crippen molar-refractivity contribution in [3.05, 3.63) is 40.9 Å². The first-order valence-corrected chi connectivity index (χ1v) is 5.35. The van der Waals surface area contributed by atoms with E-state index in [1.807, 2.05) is 0 Å². The summed E-state index contributed by atoms with van der Waals surface area (Å²) in [5.74, 6) is -0.742. The maximum atomic E-state index is 13.9. The average molecular weight is 249 g/mol. The summed E-state index contributed by atoms with van der Waals surface area (Å²) in [6.07, 6.45) is 0. The third-order valence-electron chi connectivity index (χ3n) is 2.63. The first kappa shape index (κ1) is 12.3. The van der Waals surface area contributed by atoms with E-state index in [0.29, 0.717) is 5.76 Å². The number of rotatable bonds is 2. The summed E-state index contributed by atoms with van der Waals surface area (Å²) in [6.45, 7) is 3.36. The first-order valence-electron chi connectivity index (χ1n) is 5.35. The van der Waals surface area contributed by atoms with Gasteiger partial charge in [0.15, 0.2) is 0 Å². The van der Waals surface area contributed by atoms with E-state index in [1.165, 1.54) is 13.2 Å². The molecule has 2 rings (SSSR count). The second kappa shape index (κ2) is 4.60. The Morgan fingerprint density at radius 2 is 2.11 bits per heavy atom. The highest BCUT2D eigenvalue weighted by atomic mass is 19.1. The number of hydrogen-bond acceptors (Lipinski definition) is 4. The van der Waals surface area contributed by atoms with Gasteiger partial charge in [0, 0.05) is 5.56 Å². The number of methoxy groups -OCH3 is 1. The minimum atomic E-state index is -0.594. The van der Waals surface area contributed by atoms with Crippen molar-refractivity contribution < 1.29 is 18.4 Å². The van der Waals surface area contributed by atoms with Gasteiger partial charge in [-0.2, -0.15) is 0 Å². The topological polar surface area (TPSA) is 52.3 Å². The number of esters is 1. The number of halogens is 1. The molecule has 0 bridgehead atoms. The number of hydrogen-bond donors (Lipinski definition) is 0. The molecule has 0 aliphatic heterocycles. The predicted octanol–water partition coefficient (Wildman–Crippen LogP) is 2.88. The first-order chi connectivity index (χ1) is 8.54. The number of benzene rings is 1. The SMILES string of the molecule is COC(=O)c1c(-c2ccc(C)cc2F)noc1C. The molecule has 1 aromatic heterocycles. The Hall–Kier alpha value is -2.17. The molecule has 0 aliphatic carbocycles. The predicted molar refractivity (Wildman–Crippen MR) is 62.7 cm³/mol. The molecule has 0 atom stereocenters. The number of nitrogens with zero attached hydrogens (tertiary/aromatic N) is 1. The van der Waals surface area contributed by atoms with Crippen LogP contribution in [0, 0.1) is 19.7 Å². The van der Waals surface area contributed by atoms with Gasteiger partial charge in [0.2, 0.25) is 0 Å². The number of aromatic nitrogens is 1. The van der Waals surface area contributed by atoms with Crippen molar-refractivity contribution in [2.24, 2.45) is 0 Å². The van der Waals surface area contributed by atoms with Crippen LogP contribution in [0.2, 0.25) is 0 Å². The van der Waals surface area contributed by atoms with E-state index in [9.17, 15) is 9.18 Å². The fraction of sp³-hybridized carbons (Fsp3) is 0.231. The van der Waals surface area contributed by atoms with Crippen molar-refractivity contribution in [3.63, 3.8) is 0 Å². The molecule has 18 heavy (non-hydrogen) atoms. The molecule has 0 spiro atoms. The number of carbonyl (C=O) groups is 1. The van der Waals surface area contributed by atoms with Crippen molar-refractivity contribution in [1.29, 1.82) is 0 Å². The van der Waals surface area contributed by atoms with Gasteiger partial charge in [-0.05, 0) is 31.5 Å². The van der Waals surface area contributed by atoms with Crippen LogP contribution in [-0.2, 0) is 4.74 Å². The van der Waals surface area contributed by atoms with Crippen LogP contribution in [0.3, 0.4) is 0 Å². The summed E-state index contributed by atoms with van der Waals surface area (Å²) in [4.78, 5) is 11.6. The smallest absolute Gasteiger partial charge is 0.343 e. The molecule has 0 unspecified atom stereocenters. The maximum Gasteiger partial charge on any atom is 0.343 e. The summed E-state index contributed by atoms with van der Waals surface area (Å²) >= 11 is 0. The van der Waals surface area contributed by atoms with Gasteiger partial charge in [-0.3, -0.25) is 0 Å². The standard InChI is InChI=1S/C13H12FNO3/c1-7-4-5-9(10(14)6-7)12-11(13(16)17-3)8(2)18-15-12/h4-6H,1-3H3. The molecule has 0 N–H and O–H groups in total. The fourth-order valence-electron chi connectivity index (χ4n) is 1.71. The Bertz CT molecular complexity index is 604. The molecule has 0 radical (unpaired) electrons. The summed E-state index contributed by atoms with van der Waals surface area (Å²) in [6, 6.07) is 4.68. The molecule has 0 saturated carbocycles. The highest BCUT2D eigenvalue weighted by Gasteiger charge is 2.23. The Kier molecular flexibility index (Phi) is 3.14. The van der Waals surface area contributed by atoms with Crippen LogP contribution < -0.4 is 0 Å². The van der Waals surface area contributed by atoms with Gasteiger partial charge < -0.3 is 9.26 Å². The second-order valence-electron chi connectivity index (χ2n) is 3.94. The van der Waals surface area contributed by atoms with Crippen LogP contribution in [0.15, 0.2) is 22.7 Å². The van der Waals surface area contributed by atoms with E-state index >= 15 is 0 Å². The van der Waals surface area contributed by atoms with Crippen molar-refractivity contribution in [3.8, 4) is 11.3 Å². The zero-order valence-corrected chi connectivity index (χ0v) is 10.3. The van der Waals surface area contributed by atoms with E-state index in [0.717, 1.165) is 5.56 Å². The molecule has 1 aromatic carbocycles. The number of ether oxygens (including phenoxy) is 1. The largest absolute Gasteiger partial charge is 0.465 e. The molecule has 0 aliphatic rings. The lowest BCUT2D eigenvalue weighted by Crippen LogP contribution is -2.04. The van der Waals surface area contributed by atoms with Gasteiger partial charge in [0.25, 0.3) is 0 Å². The van der Waals surface area contributed by atoms with Gasteiger partial charge in [-0.1, -0.05) is 11.2 Å². The van der Waals surface area contributed by atoms with Crippen LogP contribution in [0.25, 0.3) is 11.3 Å². The van der Waals surface area contributed by atoms with Crippen LogP contribution in [0.4, 0.5) is 4.39 Å². The average Bonchev–Trinajstić information content (AvgIpc) is 2.70. The zero-order chi connectivity index (χ0) is 13.3. The van der Waals surface area contributed by atoms with Gasteiger partial charge >= 0.3 is 5.97 Å². The van der Waals surface area contributed by atoms with Gasteiger partial charge in [0.05, 0.1) is 7.11 Å². The number of carbonyl (C=O) groups excluding carboxylic acids is 1. The minimum Gasteiger partial charge on any atom is -0.465 e. The summed E-state index contributed by atoms with van der Waals surface area (Å²) in [7, 11) is 1.25. The van der Waals surface area contributed by atoms with Crippen LogP contribution >= 0.6 is 0 Å². The summed E-state index contributed by atoms with van der Waals surface area (Å²) in [5, 5.41) is 3.73. The Balaban J connectivity index is 2.61. The van der Waals surface area contributed by atoms with Gasteiger partial charge in [0.1, 0.15) is 22.8 Å². The lowest BCUT2D eigenvalue weighted by atomic mass is 10.0. The molecule has 0 fully saturated rings. The zero-order valence-electron chi connectivity index (χ0n) is 10.3. The van der Waals surface area contributed by atoms with Gasteiger partial charge in [-0.15, -0.1) is 0 Å². The summed E-state index contributed by atoms with van der Waals surface area (Å²) in [5.41, 5.74) is 1.33. The van der Waals surface area contributed by atoms with Crippen molar-refractivity contribution in [2.45, 2.75) is 13.8 Å². The molecular weight excluding hydrogens is 237 g/mol. The fourth-order valence-corrected chi connectivity index (χ4v) is 1.71. The van der Waals surface area contributed by atoms with Crippen LogP contribution in [0.1, 0.15) is 21.7 Å². The monoisotopic (exact) mass is 249 g/mol. The molecule has 94 valence electrons. The lowest BCUT2D eigenvalue weighted by molar-refractivity contribution is 0.0599. The van der Waals surface area contributed by atoms with E-state index in [4.69, 9.17) is 4.52 Å². The summed E-state index contributed by atoms with van der Waals surface area (Å²) < 4.78 is 23.4. The highest BCUT2D eigenvalue weighted by Crippen LogP contribution is 2.28. The van der Waals surface area contributed by atoms with Crippen LogP contribution in [-0.4, -0.2) is 18.2 Å². The van der Waals surface area contributed by atoms with E-state index < -0.39 is 11.8 Å². The minimum absolute atomic E-state index is 0.153. The Morgan fingerprint density at radius 3 is 2.72 bits per heavy atom. The Morgan fingerprint density at radius 1 is 1.39 bits per heavy atom. The molecule has 0 amide bonds. The molecular formula is C13H12FNO3. The normalized spacial score (nSPS) is 10.4. The molecule has 1 heterocycles. The molecule has 5 heteroatoms. The third kappa shape index (κ3) is 1.99. The second-order valence-corrected chi connectivity index (χ2v) is 3.94. The van der Waals surface area contributed by atoms with E-state index in [-0.39, 0.29) is 16.8 Å². The van der Waals surface area contributed by atoms with E-state index in [2.05, 4.69) is 9.89 Å². The van der Waals surface area contributed by atoms with Crippen molar-refractivity contribution in [1.82, 2.24) is 5.16 Å². The molecule has 0 saturated heterocycles.